The van der Waals surface area contributed by atoms with Crippen LogP contribution >= 0.6 is 0 Å². The predicted octanol–water partition coefficient (Wildman–Crippen LogP) is 2.48. The molecule has 0 saturated carbocycles. The highest BCUT2D eigenvalue weighted by Crippen LogP contribution is 2.23. The van der Waals surface area contributed by atoms with Crippen molar-refractivity contribution in [1.29, 1.82) is 0 Å². The molecule has 5 heteroatoms. The molecule has 116 valence electrons. The van der Waals surface area contributed by atoms with Crippen molar-refractivity contribution in [2.75, 3.05) is 18.8 Å². The maximum atomic E-state index is 12.7. The number of likely N-dealkylation sites (tertiary alicyclic amines) is 1. The summed E-state index contributed by atoms with van der Waals surface area (Å²) >= 11 is 0. The molecule has 21 heavy (non-hydrogen) atoms. The minimum atomic E-state index is -1.40. The molecular formula is C16H24N2O2S. The summed E-state index contributed by atoms with van der Waals surface area (Å²) in [4.78, 5) is 15.0. The topological polar surface area (TPSA) is 63.4 Å². The molecule has 1 saturated heterocycles. The fourth-order valence-corrected chi connectivity index (χ4v) is 3.96. The molecule has 0 aliphatic carbocycles. The molecule has 0 aromatic heterocycles. The summed E-state index contributed by atoms with van der Waals surface area (Å²) in [6.45, 7) is 5.19. The highest BCUT2D eigenvalue weighted by atomic mass is 32.2. The van der Waals surface area contributed by atoms with Crippen molar-refractivity contribution in [2.24, 2.45) is 0 Å². The summed E-state index contributed by atoms with van der Waals surface area (Å²) in [7, 11) is -1.40. The number of nitrogens with zero attached hydrogens (tertiary/aromatic N) is 1. The zero-order chi connectivity index (χ0) is 15.4. The van der Waals surface area contributed by atoms with Gasteiger partial charge in [-0.2, -0.15) is 0 Å². The lowest BCUT2D eigenvalue weighted by molar-refractivity contribution is -0.130. The van der Waals surface area contributed by atoms with Gasteiger partial charge in [0.15, 0.2) is 0 Å². The van der Waals surface area contributed by atoms with E-state index in [0.29, 0.717) is 10.6 Å². The van der Waals surface area contributed by atoms with Crippen molar-refractivity contribution in [3.05, 3.63) is 23.8 Å². The lowest BCUT2D eigenvalue weighted by Gasteiger charge is -2.24. The van der Waals surface area contributed by atoms with Crippen LogP contribution in [0.4, 0.5) is 5.69 Å². The van der Waals surface area contributed by atoms with E-state index in [4.69, 9.17) is 5.73 Å². The summed E-state index contributed by atoms with van der Waals surface area (Å²) in [5, 5.41) is -0.549. The number of nitrogen functional groups attached to an aromatic ring is 1. The Morgan fingerprint density at radius 1 is 1.24 bits per heavy atom. The van der Waals surface area contributed by atoms with Crippen molar-refractivity contribution >= 4 is 22.4 Å². The van der Waals surface area contributed by atoms with E-state index in [0.717, 1.165) is 31.5 Å². The molecule has 1 aliphatic heterocycles. The van der Waals surface area contributed by atoms with E-state index in [1.165, 1.54) is 12.8 Å². The number of nitrogens with two attached hydrogens (primary N) is 1. The van der Waals surface area contributed by atoms with E-state index in [1.807, 2.05) is 24.0 Å². The van der Waals surface area contributed by atoms with E-state index in [-0.39, 0.29) is 5.91 Å². The first-order valence-electron chi connectivity index (χ1n) is 7.57. The van der Waals surface area contributed by atoms with Gasteiger partial charge in [0.1, 0.15) is 5.25 Å². The van der Waals surface area contributed by atoms with Crippen LogP contribution in [0.15, 0.2) is 23.1 Å². The van der Waals surface area contributed by atoms with Gasteiger partial charge in [0, 0.05) is 13.1 Å². The number of aryl methyl sites for hydroxylation is 1. The second kappa shape index (κ2) is 7.07. The smallest absolute Gasteiger partial charge is 0.238 e. The average Bonchev–Trinajstić information content (AvgIpc) is 2.77. The normalized spacial score (nSPS) is 18.9. The highest BCUT2D eigenvalue weighted by molar-refractivity contribution is 7.86. The molecule has 1 heterocycles. The maximum absolute atomic E-state index is 12.7. The van der Waals surface area contributed by atoms with Crippen molar-refractivity contribution in [2.45, 2.75) is 49.7 Å². The van der Waals surface area contributed by atoms with Gasteiger partial charge in [-0.25, -0.2) is 0 Å². The van der Waals surface area contributed by atoms with Crippen LogP contribution in [0.2, 0.25) is 0 Å². The molecule has 0 bridgehead atoms. The van der Waals surface area contributed by atoms with Crippen molar-refractivity contribution < 1.29 is 9.00 Å². The van der Waals surface area contributed by atoms with E-state index >= 15 is 0 Å². The second-order valence-electron chi connectivity index (χ2n) is 5.67. The van der Waals surface area contributed by atoms with Crippen LogP contribution in [0.25, 0.3) is 0 Å². The molecule has 1 aliphatic rings. The van der Waals surface area contributed by atoms with E-state index in [1.54, 1.807) is 13.0 Å². The number of benzene rings is 1. The Bertz CT molecular complexity index is 537. The average molecular weight is 308 g/mol. The predicted molar refractivity (Wildman–Crippen MR) is 86.5 cm³/mol. The summed E-state index contributed by atoms with van der Waals surface area (Å²) in [6.07, 6.45) is 4.42. The molecule has 1 aromatic rings. The highest BCUT2D eigenvalue weighted by Gasteiger charge is 2.27. The Balaban J connectivity index is 2.14. The van der Waals surface area contributed by atoms with Gasteiger partial charge in [0.05, 0.1) is 21.4 Å². The van der Waals surface area contributed by atoms with Gasteiger partial charge < -0.3 is 10.6 Å². The number of anilines is 1. The standard InChI is InChI=1S/C16H24N2O2S/c1-12-8-7-9-14(15(12)17)21(20)13(2)16(19)18-10-5-3-4-6-11-18/h7-9,13H,3-6,10-11,17H2,1-2H3. The molecule has 0 radical (unpaired) electrons. The summed E-state index contributed by atoms with van der Waals surface area (Å²) in [5.41, 5.74) is 7.44. The lowest BCUT2D eigenvalue weighted by atomic mass is 10.2. The Hall–Kier alpha value is -1.36. The van der Waals surface area contributed by atoms with Gasteiger partial charge in [0.2, 0.25) is 5.91 Å². The molecule has 0 spiro atoms. The number of carbonyl (C=O) groups excluding carboxylic acids is 1. The molecule has 1 fully saturated rings. The van der Waals surface area contributed by atoms with Gasteiger partial charge in [-0.3, -0.25) is 9.00 Å². The number of hydrogen-bond donors (Lipinski definition) is 1. The third-order valence-electron chi connectivity index (χ3n) is 4.09. The number of amides is 1. The Morgan fingerprint density at radius 3 is 2.48 bits per heavy atom. The third kappa shape index (κ3) is 3.64. The SMILES string of the molecule is Cc1cccc(S(=O)C(C)C(=O)N2CCCCCC2)c1N. The second-order valence-corrected chi connectivity index (χ2v) is 7.41. The van der Waals surface area contributed by atoms with Gasteiger partial charge in [-0.15, -0.1) is 0 Å². The van der Waals surface area contributed by atoms with E-state index in [2.05, 4.69) is 0 Å². The Kier molecular flexibility index (Phi) is 5.39. The lowest BCUT2D eigenvalue weighted by Crippen LogP contribution is -2.40. The minimum Gasteiger partial charge on any atom is -0.398 e. The molecule has 2 atom stereocenters. The Labute approximate surface area is 129 Å². The Morgan fingerprint density at radius 2 is 1.86 bits per heavy atom. The van der Waals surface area contributed by atoms with Crippen molar-refractivity contribution in [3.63, 3.8) is 0 Å². The van der Waals surface area contributed by atoms with Crippen LogP contribution in [0.3, 0.4) is 0 Å². The van der Waals surface area contributed by atoms with Crippen molar-refractivity contribution in [3.8, 4) is 0 Å². The molecule has 4 nitrogen and oxygen atoms in total. The number of carbonyl (C=O) groups is 1. The number of hydrogen-bond acceptors (Lipinski definition) is 3. The van der Waals surface area contributed by atoms with Crippen LogP contribution in [-0.2, 0) is 15.6 Å². The number of para-hydroxylation sites is 1. The molecule has 2 N–H and O–H groups in total. The summed E-state index contributed by atoms with van der Waals surface area (Å²) in [6, 6.07) is 5.48. The fraction of sp³-hybridized carbons (Fsp3) is 0.562. The summed E-state index contributed by atoms with van der Waals surface area (Å²) in [5.74, 6) is -0.0175. The first-order chi connectivity index (χ1) is 10.0. The van der Waals surface area contributed by atoms with Crippen LogP contribution < -0.4 is 5.73 Å². The molecule has 2 rings (SSSR count). The zero-order valence-electron chi connectivity index (χ0n) is 12.8. The van der Waals surface area contributed by atoms with Crippen LogP contribution in [0.5, 0.6) is 0 Å². The molecule has 1 amide bonds. The largest absolute Gasteiger partial charge is 0.398 e. The molecule has 1 aromatic carbocycles. The quantitative estimate of drug-likeness (QED) is 0.873. The number of rotatable bonds is 3. The minimum absolute atomic E-state index is 0.0175. The molecule has 2 unspecified atom stereocenters. The first-order valence-corrected chi connectivity index (χ1v) is 8.78. The van der Waals surface area contributed by atoms with Crippen molar-refractivity contribution in [1.82, 2.24) is 4.90 Å². The van der Waals surface area contributed by atoms with Gasteiger partial charge >= 0.3 is 0 Å². The van der Waals surface area contributed by atoms with Gasteiger partial charge in [0.25, 0.3) is 0 Å². The maximum Gasteiger partial charge on any atom is 0.238 e. The van der Waals surface area contributed by atoms with E-state index < -0.39 is 16.0 Å². The summed E-state index contributed by atoms with van der Waals surface area (Å²) < 4.78 is 12.7. The van der Waals surface area contributed by atoms with Gasteiger partial charge in [-0.05, 0) is 38.3 Å². The third-order valence-corrected chi connectivity index (χ3v) is 5.72. The van der Waals surface area contributed by atoms with Crippen LogP contribution in [0.1, 0.15) is 38.2 Å². The van der Waals surface area contributed by atoms with Crippen LogP contribution in [-0.4, -0.2) is 33.4 Å². The zero-order valence-corrected chi connectivity index (χ0v) is 13.6. The van der Waals surface area contributed by atoms with Gasteiger partial charge in [-0.1, -0.05) is 25.0 Å². The monoisotopic (exact) mass is 308 g/mol. The first kappa shape index (κ1) is 16.0. The van der Waals surface area contributed by atoms with Crippen LogP contribution in [0, 0.1) is 6.92 Å². The van der Waals surface area contributed by atoms with E-state index in [9.17, 15) is 9.00 Å². The molecular weight excluding hydrogens is 284 g/mol. The fourth-order valence-electron chi connectivity index (χ4n) is 2.66.